The lowest BCUT2D eigenvalue weighted by atomic mass is 10.1. The Morgan fingerprint density at radius 2 is 1.72 bits per heavy atom. The Kier molecular flexibility index (Phi) is 5.29. The van der Waals surface area contributed by atoms with E-state index in [2.05, 4.69) is 9.71 Å². The molecule has 0 atom stereocenters. The summed E-state index contributed by atoms with van der Waals surface area (Å²) in [5, 5.41) is 0. The highest BCUT2D eigenvalue weighted by Gasteiger charge is 2.25. The second-order valence-electron chi connectivity index (χ2n) is 6.98. The van der Waals surface area contributed by atoms with E-state index in [1.54, 1.807) is 71.3 Å². The van der Waals surface area contributed by atoms with Crippen LogP contribution in [0.4, 0.5) is 0 Å². The number of rotatable bonds is 4. The molecule has 134 valence electrons. The van der Waals surface area contributed by atoms with Crippen LogP contribution in [0, 0.1) is 0 Å². The molecule has 0 fully saturated rings. The molecule has 2 rings (SSSR count). The molecule has 0 bridgehead atoms. The van der Waals surface area contributed by atoms with Crippen molar-refractivity contribution in [2.75, 3.05) is 14.1 Å². The van der Waals surface area contributed by atoms with Gasteiger partial charge < -0.3 is 4.90 Å². The molecule has 0 radical (unpaired) electrons. The average molecular weight is 361 g/mol. The number of pyridine rings is 1. The van der Waals surface area contributed by atoms with Gasteiger partial charge in [-0.25, -0.2) is 13.1 Å². The number of benzene rings is 1. The summed E-state index contributed by atoms with van der Waals surface area (Å²) in [6, 6.07) is 9.97. The lowest BCUT2D eigenvalue weighted by Gasteiger charge is -2.21. The van der Waals surface area contributed by atoms with E-state index in [0.717, 1.165) is 0 Å². The third kappa shape index (κ3) is 4.64. The van der Waals surface area contributed by atoms with Gasteiger partial charge in [-0.15, -0.1) is 0 Å². The number of carbonyl (C=O) groups excluding carboxylic acids is 1. The van der Waals surface area contributed by atoms with Gasteiger partial charge in [0.25, 0.3) is 5.91 Å². The molecule has 1 N–H and O–H groups in total. The Labute approximate surface area is 148 Å². The molecular weight excluding hydrogens is 338 g/mol. The van der Waals surface area contributed by atoms with Gasteiger partial charge in [-0.3, -0.25) is 9.78 Å². The summed E-state index contributed by atoms with van der Waals surface area (Å²) in [6.07, 6.45) is 1.46. The van der Waals surface area contributed by atoms with Gasteiger partial charge >= 0.3 is 0 Å². The van der Waals surface area contributed by atoms with E-state index in [9.17, 15) is 13.2 Å². The molecule has 1 aromatic carbocycles. The highest BCUT2D eigenvalue weighted by molar-refractivity contribution is 7.89. The van der Waals surface area contributed by atoms with Crippen LogP contribution in [0.5, 0.6) is 0 Å². The number of hydrogen-bond acceptors (Lipinski definition) is 4. The van der Waals surface area contributed by atoms with E-state index >= 15 is 0 Å². The normalized spacial score (nSPS) is 12.0. The number of aromatic nitrogens is 1. The number of sulfonamides is 1. The number of hydrogen-bond donors (Lipinski definition) is 1. The highest BCUT2D eigenvalue weighted by atomic mass is 32.2. The predicted octanol–water partition coefficient (Wildman–Crippen LogP) is 2.53. The second kappa shape index (κ2) is 6.93. The van der Waals surface area contributed by atoms with E-state index < -0.39 is 15.6 Å². The van der Waals surface area contributed by atoms with Gasteiger partial charge in [-0.1, -0.05) is 18.2 Å². The first-order chi connectivity index (χ1) is 11.5. The topological polar surface area (TPSA) is 79.4 Å². The van der Waals surface area contributed by atoms with Crippen LogP contribution in [-0.2, 0) is 10.0 Å². The average Bonchev–Trinajstić information content (AvgIpc) is 2.52. The number of nitrogens with zero attached hydrogens (tertiary/aromatic N) is 2. The molecule has 25 heavy (non-hydrogen) atoms. The van der Waals surface area contributed by atoms with Gasteiger partial charge in [0.1, 0.15) is 0 Å². The van der Waals surface area contributed by atoms with Crippen molar-refractivity contribution in [1.82, 2.24) is 14.6 Å². The predicted molar refractivity (Wildman–Crippen MR) is 97.8 cm³/mol. The zero-order valence-electron chi connectivity index (χ0n) is 15.1. The van der Waals surface area contributed by atoms with Crippen molar-refractivity contribution < 1.29 is 13.2 Å². The fourth-order valence-electron chi connectivity index (χ4n) is 2.31. The third-order valence-electron chi connectivity index (χ3n) is 3.31. The van der Waals surface area contributed by atoms with Crippen LogP contribution in [-0.4, -0.2) is 43.8 Å². The Bertz CT molecular complexity index is 867. The summed E-state index contributed by atoms with van der Waals surface area (Å²) in [7, 11) is -0.376. The lowest BCUT2D eigenvalue weighted by molar-refractivity contribution is 0.0827. The van der Waals surface area contributed by atoms with Crippen molar-refractivity contribution in [3.05, 3.63) is 48.2 Å². The standard InChI is InChI=1S/C18H23N3O3S/c1-18(2,3)20-25(23,24)16-9-7-6-8-14(16)15-11-10-13(12-19-15)17(22)21(4)5/h6-12,20H,1-5H3. The number of carbonyl (C=O) groups is 1. The summed E-state index contributed by atoms with van der Waals surface area (Å²) in [4.78, 5) is 17.9. The van der Waals surface area contributed by atoms with Crippen LogP contribution in [0.15, 0.2) is 47.5 Å². The molecule has 0 saturated heterocycles. The summed E-state index contributed by atoms with van der Waals surface area (Å²) < 4.78 is 28.1. The molecule has 0 saturated carbocycles. The lowest BCUT2D eigenvalue weighted by Crippen LogP contribution is -2.40. The highest BCUT2D eigenvalue weighted by Crippen LogP contribution is 2.26. The first kappa shape index (κ1) is 19.1. The zero-order chi connectivity index (χ0) is 18.8. The van der Waals surface area contributed by atoms with E-state index in [-0.39, 0.29) is 10.8 Å². The Hall–Kier alpha value is -2.25. The van der Waals surface area contributed by atoms with Gasteiger partial charge in [0, 0.05) is 31.4 Å². The smallest absolute Gasteiger partial charge is 0.254 e. The molecular formula is C18H23N3O3S. The number of nitrogens with one attached hydrogen (secondary N) is 1. The Morgan fingerprint density at radius 1 is 1.08 bits per heavy atom. The van der Waals surface area contributed by atoms with Crippen molar-refractivity contribution in [1.29, 1.82) is 0 Å². The molecule has 1 aromatic heterocycles. The van der Waals surface area contributed by atoms with E-state index in [1.165, 1.54) is 11.1 Å². The number of amides is 1. The molecule has 0 aliphatic rings. The van der Waals surface area contributed by atoms with Crippen molar-refractivity contribution in [2.24, 2.45) is 0 Å². The van der Waals surface area contributed by atoms with Crippen molar-refractivity contribution in [3.8, 4) is 11.3 Å². The Morgan fingerprint density at radius 3 is 2.24 bits per heavy atom. The van der Waals surface area contributed by atoms with Crippen LogP contribution in [0.25, 0.3) is 11.3 Å². The van der Waals surface area contributed by atoms with Crippen LogP contribution in [0.2, 0.25) is 0 Å². The molecule has 0 aliphatic heterocycles. The van der Waals surface area contributed by atoms with Crippen molar-refractivity contribution >= 4 is 15.9 Å². The fraction of sp³-hybridized carbons (Fsp3) is 0.333. The van der Waals surface area contributed by atoms with Crippen LogP contribution >= 0.6 is 0 Å². The Balaban J connectivity index is 2.47. The minimum atomic E-state index is -3.70. The van der Waals surface area contributed by atoms with Crippen molar-refractivity contribution in [3.63, 3.8) is 0 Å². The maximum Gasteiger partial charge on any atom is 0.254 e. The summed E-state index contributed by atoms with van der Waals surface area (Å²) in [5.74, 6) is -0.158. The van der Waals surface area contributed by atoms with Crippen molar-refractivity contribution in [2.45, 2.75) is 31.2 Å². The van der Waals surface area contributed by atoms with Gasteiger partial charge in [-0.05, 0) is 39.0 Å². The molecule has 0 aliphatic carbocycles. The largest absolute Gasteiger partial charge is 0.345 e. The van der Waals surface area contributed by atoms with Gasteiger partial charge in [0.2, 0.25) is 10.0 Å². The van der Waals surface area contributed by atoms with E-state index in [1.807, 2.05) is 0 Å². The third-order valence-corrected chi connectivity index (χ3v) is 5.13. The first-order valence-electron chi connectivity index (χ1n) is 7.82. The summed E-state index contributed by atoms with van der Waals surface area (Å²) >= 11 is 0. The quantitative estimate of drug-likeness (QED) is 0.907. The molecule has 6 nitrogen and oxygen atoms in total. The van der Waals surface area contributed by atoms with Gasteiger partial charge in [0.05, 0.1) is 16.2 Å². The monoisotopic (exact) mass is 361 g/mol. The minimum absolute atomic E-state index is 0.157. The maximum absolute atomic E-state index is 12.7. The SMILES string of the molecule is CN(C)C(=O)c1ccc(-c2ccccc2S(=O)(=O)NC(C)(C)C)nc1. The van der Waals surface area contributed by atoms with Crippen LogP contribution < -0.4 is 4.72 Å². The summed E-state index contributed by atoms with van der Waals surface area (Å²) in [6.45, 7) is 5.35. The van der Waals surface area contributed by atoms with E-state index in [0.29, 0.717) is 16.8 Å². The van der Waals surface area contributed by atoms with Gasteiger partial charge in [0.15, 0.2) is 0 Å². The second-order valence-corrected chi connectivity index (χ2v) is 8.63. The minimum Gasteiger partial charge on any atom is -0.345 e. The molecule has 7 heteroatoms. The van der Waals surface area contributed by atoms with Gasteiger partial charge in [-0.2, -0.15) is 0 Å². The first-order valence-corrected chi connectivity index (χ1v) is 9.31. The molecule has 0 spiro atoms. The molecule has 2 aromatic rings. The van der Waals surface area contributed by atoms with Crippen LogP contribution in [0.1, 0.15) is 31.1 Å². The maximum atomic E-state index is 12.7. The van der Waals surface area contributed by atoms with E-state index in [4.69, 9.17) is 0 Å². The van der Waals surface area contributed by atoms with Crippen LogP contribution in [0.3, 0.4) is 0 Å². The summed E-state index contributed by atoms with van der Waals surface area (Å²) in [5.41, 5.74) is 0.830. The molecule has 0 unspecified atom stereocenters. The molecule has 1 amide bonds. The zero-order valence-corrected chi connectivity index (χ0v) is 15.9. The molecule has 1 heterocycles. The fourth-order valence-corrected chi connectivity index (χ4v) is 3.94.